The SMILES string of the molecule is CNCC1CCCN(S(=O)(=O)Nc2ccccc2F)C1. The second-order valence-corrected chi connectivity index (χ2v) is 6.68. The largest absolute Gasteiger partial charge is 0.319 e. The number of rotatable bonds is 5. The van der Waals surface area contributed by atoms with Gasteiger partial charge in [0.15, 0.2) is 0 Å². The summed E-state index contributed by atoms with van der Waals surface area (Å²) in [7, 11) is -1.84. The number of benzene rings is 1. The average molecular weight is 301 g/mol. The normalized spacial score (nSPS) is 20.8. The van der Waals surface area contributed by atoms with Crippen molar-refractivity contribution < 1.29 is 12.8 Å². The van der Waals surface area contributed by atoms with Crippen molar-refractivity contribution in [2.24, 2.45) is 5.92 Å². The van der Waals surface area contributed by atoms with E-state index in [0.29, 0.717) is 19.0 Å². The Morgan fingerprint density at radius 1 is 1.40 bits per heavy atom. The molecule has 0 saturated carbocycles. The predicted molar refractivity (Wildman–Crippen MR) is 77.2 cm³/mol. The molecule has 1 saturated heterocycles. The molecule has 5 nitrogen and oxygen atoms in total. The molecule has 0 radical (unpaired) electrons. The zero-order chi connectivity index (χ0) is 14.6. The molecule has 1 atom stereocenters. The topological polar surface area (TPSA) is 61.4 Å². The van der Waals surface area contributed by atoms with Crippen molar-refractivity contribution in [2.45, 2.75) is 12.8 Å². The Hall–Kier alpha value is -1.18. The fourth-order valence-electron chi connectivity index (χ4n) is 2.45. The molecule has 20 heavy (non-hydrogen) atoms. The predicted octanol–water partition coefficient (Wildman–Crippen LogP) is 1.41. The highest BCUT2D eigenvalue weighted by molar-refractivity contribution is 7.90. The van der Waals surface area contributed by atoms with E-state index in [9.17, 15) is 12.8 Å². The maximum atomic E-state index is 13.5. The lowest BCUT2D eigenvalue weighted by molar-refractivity contribution is 0.264. The van der Waals surface area contributed by atoms with Crippen molar-refractivity contribution in [3.05, 3.63) is 30.1 Å². The first-order valence-electron chi connectivity index (χ1n) is 6.70. The molecular weight excluding hydrogens is 281 g/mol. The summed E-state index contributed by atoms with van der Waals surface area (Å²) in [6, 6.07) is 5.78. The fraction of sp³-hybridized carbons (Fsp3) is 0.538. The lowest BCUT2D eigenvalue weighted by Gasteiger charge is -2.31. The van der Waals surface area contributed by atoms with E-state index < -0.39 is 16.0 Å². The summed E-state index contributed by atoms with van der Waals surface area (Å²) in [6.45, 7) is 1.72. The van der Waals surface area contributed by atoms with Gasteiger partial charge in [0.05, 0.1) is 5.69 Å². The highest BCUT2D eigenvalue weighted by Gasteiger charge is 2.29. The second-order valence-electron chi connectivity index (χ2n) is 5.01. The number of hydrogen-bond donors (Lipinski definition) is 2. The Labute approximate surface area is 119 Å². The van der Waals surface area contributed by atoms with E-state index in [1.165, 1.54) is 22.5 Å². The van der Waals surface area contributed by atoms with Crippen LogP contribution in [0.3, 0.4) is 0 Å². The van der Waals surface area contributed by atoms with Crippen LogP contribution in [0.2, 0.25) is 0 Å². The third-order valence-corrected chi connectivity index (χ3v) is 4.92. The van der Waals surface area contributed by atoms with Crippen LogP contribution in [0.4, 0.5) is 10.1 Å². The van der Waals surface area contributed by atoms with E-state index in [1.54, 1.807) is 6.07 Å². The van der Waals surface area contributed by atoms with E-state index in [-0.39, 0.29) is 5.69 Å². The molecule has 7 heteroatoms. The molecule has 1 aromatic rings. The molecule has 1 aromatic carbocycles. The third-order valence-electron chi connectivity index (χ3n) is 3.43. The Morgan fingerprint density at radius 3 is 2.85 bits per heavy atom. The van der Waals surface area contributed by atoms with Crippen LogP contribution in [-0.2, 0) is 10.2 Å². The van der Waals surface area contributed by atoms with Crippen molar-refractivity contribution >= 4 is 15.9 Å². The summed E-state index contributed by atoms with van der Waals surface area (Å²) in [4.78, 5) is 0. The van der Waals surface area contributed by atoms with Gasteiger partial charge in [0.25, 0.3) is 0 Å². The number of piperidine rings is 1. The third kappa shape index (κ3) is 3.68. The van der Waals surface area contributed by atoms with Crippen LogP contribution >= 0.6 is 0 Å². The van der Waals surface area contributed by atoms with E-state index in [4.69, 9.17) is 0 Å². The van der Waals surface area contributed by atoms with Crippen LogP contribution < -0.4 is 10.0 Å². The van der Waals surface area contributed by atoms with Gasteiger partial charge in [0.2, 0.25) is 0 Å². The van der Waals surface area contributed by atoms with E-state index in [1.807, 2.05) is 7.05 Å². The first-order valence-corrected chi connectivity index (χ1v) is 8.14. The van der Waals surface area contributed by atoms with Gasteiger partial charge in [-0.25, -0.2) is 4.39 Å². The Kier molecular flexibility index (Phi) is 4.95. The first kappa shape index (κ1) is 15.2. The molecule has 0 bridgehead atoms. The van der Waals surface area contributed by atoms with Crippen molar-refractivity contribution in [3.8, 4) is 0 Å². The van der Waals surface area contributed by atoms with Gasteiger partial charge < -0.3 is 5.32 Å². The summed E-state index contributed by atoms with van der Waals surface area (Å²) in [5.41, 5.74) is -0.0109. The van der Waals surface area contributed by atoms with Gasteiger partial charge in [0, 0.05) is 13.1 Å². The first-order chi connectivity index (χ1) is 9.53. The fourth-order valence-corrected chi connectivity index (χ4v) is 3.80. The molecule has 2 N–H and O–H groups in total. The maximum absolute atomic E-state index is 13.5. The molecule has 1 unspecified atom stereocenters. The highest BCUT2D eigenvalue weighted by atomic mass is 32.2. The number of hydrogen-bond acceptors (Lipinski definition) is 3. The smallest absolute Gasteiger partial charge is 0.301 e. The summed E-state index contributed by atoms with van der Waals surface area (Å²) in [5, 5.41) is 3.07. The second kappa shape index (κ2) is 6.51. The summed E-state index contributed by atoms with van der Waals surface area (Å²) in [5.74, 6) is -0.272. The molecular formula is C13H20FN3O2S. The minimum absolute atomic E-state index is 0.0109. The lowest BCUT2D eigenvalue weighted by Crippen LogP contribution is -2.44. The van der Waals surface area contributed by atoms with Crippen LogP contribution in [0.15, 0.2) is 24.3 Å². The molecule has 1 aliphatic rings. The summed E-state index contributed by atoms with van der Waals surface area (Å²) in [6.07, 6.45) is 1.83. The van der Waals surface area contributed by atoms with Crippen molar-refractivity contribution in [1.82, 2.24) is 9.62 Å². The van der Waals surface area contributed by atoms with Gasteiger partial charge in [0.1, 0.15) is 5.82 Å². The monoisotopic (exact) mass is 301 g/mol. The Morgan fingerprint density at radius 2 is 2.15 bits per heavy atom. The molecule has 1 aliphatic heterocycles. The zero-order valence-electron chi connectivity index (χ0n) is 11.5. The molecule has 0 aromatic heterocycles. The Balaban J connectivity index is 2.08. The molecule has 112 valence electrons. The average Bonchev–Trinajstić information content (AvgIpc) is 2.42. The Bertz CT molecular complexity index is 548. The van der Waals surface area contributed by atoms with Crippen molar-refractivity contribution in [3.63, 3.8) is 0 Å². The summed E-state index contributed by atoms with van der Waals surface area (Å²) < 4.78 is 41.8. The minimum atomic E-state index is -3.69. The molecule has 0 amide bonds. The number of para-hydroxylation sites is 1. The molecule has 1 heterocycles. The van der Waals surface area contributed by atoms with E-state index >= 15 is 0 Å². The molecule has 2 rings (SSSR count). The van der Waals surface area contributed by atoms with Crippen molar-refractivity contribution in [1.29, 1.82) is 0 Å². The maximum Gasteiger partial charge on any atom is 0.301 e. The van der Waals surface area contributed by atoms with Crippen LogP contribution in [0.1, 0.15) is 12.8 Å². The zero-order valence-corrected chi connectivity index (χ0v) is 12.3. The van der Waals surface area contributed by atoms with Gasteiger partial charge in [-0.3, -0.25) is 4.72 Å². The van der Waals surface area contributed by atoms with Crippen LogP contribution in [0, 0.1) is 11.7 Å². The van der Waals surface area contributed by atoms with Gasteiger partial charge in [-0.1, -0.05) is 12.1 Å². The molecule has 0 aliphatic carbocycles. The van der Waals surface area contributed by atoms with Gasteiger partial charge in [-0.2, -0.15) is 12.7 Å². The lowest BCUT2D eigenvalue weighted by atomic mass is 10.00. The van der Waals surface area contributed by atoms with Crippen molar-refractivity contribution in [2.75, 3.05) is 31.4 Å². The van der Waals surface area contributed by atoms with Gasteiger partial charge in [-0.05, 0) is 44.5 Å². The van der Waals surface area contributed by atoms with E-state index in [0.717, 1.165) is 19.4 Å². The quantitative estimate of drug-likeness (QED) is 0.864. The van der Waals surface area contributed by atoms with Crippen LogP contribution in [-0.4, -0.2) is 39.4 Å². The number of halogens is 1. The molecule has 1 fully saturated rings. The highest BCUT2D eigenvalue weighted by Crippen LogP contribution is 2.21. The van der Waals surface area contributed by atoms with Crippen LogP contribution in [0.5, 0.6) is 0 Å². The van der Waals surface area contributed by atoms with E-state index in [2.05, 4.69) is 10.0 Å². The van der Waals surface area contributed by atoms with Gasteiger partial charge in [-0.15, -0.1) is 0 Å². The van der Waals surface area contributed by atoms with Gasteiger partial charge >= 0.3 is 10.2 Å². The molecule has 0 spiro atoms. The standard InChI is InChI=1S/C13H20FN3O2S/c1-15-9-11-5-4-8-17(10-11)20(18,19)16-13-7-3-2-6-12(13)14/h2-3,6-7,11,15-16H,4-5,8-10H2,1H3. The number of nitrogens with one attached hydrogen (secondary N) is 2. The minimum Gasteiger partial charge on any atom is -0.319 e. The van der Waals surface area contributed by atoms with Crippen LogP contribution in [0.25, 0.3) is 0 Å². The number of anilines is 1. The number of nitrogens with zero attached hydrogens (tertiary/aromatic N) is 1. The summed E-state index contributed by atoms with van der Waals surface area (Å²) >= 11 is 0.